The van der Waals surface area contributed by atoms with E-state index < -0.39 is 11.5 Å². The maximum atomic E-state index is 13.4. The van der Waals surface area contributed by atoms with E-state index in [4.69, 9.17) is 16.3 Å². The summed E-state index contributed by atoms with van der Waals surface area (Å²) in [5.41, 5.74) is 0.961. The summed E-state index contributed by atoms with van der Waals surface area (Å²) in [4.78, 5) is 15.5. The SMILES string of the molecule is O=c1[nH]nc2c(Oc3cncc(F)c3)c(-c3ccc(Cl)cc3)cnn12. The zero-order valence-corrected chi connectivity index (χ0v) is 13.2. The van der Waals surface area contributed by atoms with Crippen molar-refractivity contribution in [3.63, 3.8) is 0 Å². The average molecular weight is 358 g/mol. The Morgan fingerprint density at radius 2 is 1.96 bits per heavy atom. The molecule has 0 aliphatic heterocycles. The Kier molecular flexibility index (Phi) is 3.66. The predicted octanol–water partition coefficient (Wildman–Crippen LogP) is 3.06. The van der Waals surface area contributed by atoms with Crippen LogP contribution in [0.4, 0.5) is 4.39 Å². The lowest BCUT2D eigenvalue weighted by molar-refractivity contribution is 0.475. The van der Waals surface area contributed by atoms with Crippen LogP contribution in [0.1, 0.15) is 0 Å². The first-order valence-corrected chi connectivity index (χ1v) is 7.50. The molecule has 0 spiro atoms. The third-order valence-corrected chi connectivity index (χ3v) is 3.71. The van der Waals surface area contributed by atoms with Crippen LogP contribution in [0.2, 0.25) is 5.02 Å². The van der Waals surface area contributed by atoms with E-state index in [0.717, 1.165) is 16.3 Å². The summed E-state index contributed by atoms with van der Waals surface area (Å²) in [6.45, 7) is 0. The average Bonchev–Trinajstić information content (AvgIpc) is 2.98. The van der Waals surface area contributed by atoms with Crippen molar-refractivity contribution in [3.8, 4) is 22.6 Å². The van der Waals surface area contributed by atoms with Gasteiger partial charge in [-0.1, -0.05) is 23.7 Å². The second-order valence-electron chi connectivity index (χ2n) is 5.10. The molecule has 1 N–H and O–H groups in total. The van der Waals surface area contributed by atoms with Gasteiger partial charge in [0.25, 0.3) is 0 Å². The molecule has 9 heteroatoms. The molecule has 4 rings (SSSR count). The molecule has 0 aliphatic carbocycles. The van der Waals surface area contributed by atoms with E-state index in [9.17, 15) is 9.18 Å². The molecule has 0 saturated heterocycles. The Hall–Kier alpha value is -3.26. The summed E-state index contributed by atoms with van der Waals surface area (Å²) in [6.07, 6.45) is 3.89. The molecule has 0 bridgehead atoms. The van der Waals surface area contributed by atoms with Crippen LogP contribution >= 0.6 is 11.6 Å². The Morgan fingerprint density at radius 1 is 1.16 bits per heavy atom. The van der Waals surface area contributed by atoms with Gasteiger partial charge in [0.15, 0.2) is 5.75 Å². The number of benzene rings is 1. The van der Waals surface area contributed by atoms with Crippen LogP contribution in [-0.4, -0.2) is 24.8 Å². The first kappa shape index (κ1) is 15.3. The van der Waals surface area contributed by atoms with Crippen LogP contribution < -0.4 is 10.4 Å². The van der Waals surface area contributed by atoms with E-state index >= 15 is 0 Å². The quantitative estimate of drug-likeness (QED) is 0.609. The molecule has 3 aromatic heterocycles. The number of aromatic nitrogens is 5. The molecular formula is C16H9ClFN5O2. The van der Waals surface area contributed by atoms with Crippen molar-refractivity contribution in [3.05, 3.63) is 70.2 Å². The summed E-state index contributed by atoms with van der Waals surface area (Å²) < 4.78 is 20.3. The molecule has 25 heavy (non-hydrogen) atoms. The van der Waals surface area contributed by atoms with Gasteiger partial charge in [0.2, 0.25) is 5.65 Å². The van der Waals surface area contributed by atoms with E-state index in [0.29, 0.717) is 10.6 Å². The molecule has 1 aromatic carbocycles. The number of H-pyrrole nitrogens is 1. The molecule has 0 radical (unpaired) electrons. The van der Waals surface area contributed by atoms with Gasteiger partial charge in [-0.05, 0) is 17.7 Å². The van der Waals surface area contributed by atoms with E-state index in [-0.39, 0.29) is 17.1 Å². The highest BCUT2D eigenvalue weighted by atomic mass is 35.5. The van der Waals surface area contributed by atoms with Gasteiger partial charge in [-0.25, -0.2) is 14.3 Å². The molecule has 0 unspecified atom stereocenters. The number of aromatic amines is 1. The minimum Gasteiger partial charge on any atom is -0.451 e. The Labute approximate surface area is 144 Å². The molecule has 0 amide bonds. The Balaban J connectivity index is 1.93. The minimum atomic E-state index is -0.546. The summed E-state index contributed by atoms with van der Waals surface area (Å²) in [5, 5.41) is 10.9. The monoisotopic (exact) mass is 357 g/mol. The zero-order chi connectivity index (χ0) is 17.4. The fourth-order valence-electron chi connectivity index (χ4n) is 2.34. The number of pyridine rings is 1. The van der Waals surface area contributed by atoms with E-state index in [1.54, 1.807) is 24.3 Å². The van der Waals surface area contributed by atoms with E-state index in [2.05, 4.69) is 20.3 Å². The highest BCUT2D eigenvalue weighted by Crippen LogP contribution is 2.35. The fourth-order valence-corrected chi connectivity index (χ4v) is 2.47. The molecule has 0 saturated carbocycles. The van der Waals surface area contributed by atoms with Crippen LogP contribution in [0.3, 0.4) is 0 Å². The van der Waals surface area contributed by atoms with Gasteiger partial charge in [0, 0.05) is 16.7 Å². The molecule has 0 fully saturated rings. The van der Waals surface area contributed by atoms with Gasteiger partial charge >= 0.3 is 5.69 Å². The molecule has 3 heterocycles. The van der Waals surface area contributed by atoms with Crippen LogP contribution in [0.25, 0.3) is 16.8 Å². The lowest BCUT2D eigenvalue weighted by Crippen LogP contribution is -2.12. The lowest BCUT2D eigenvalue weighted by Gasteiger charge is -2.11. The normalized spacial score (nSPS) is 11.0. The number of ether oxygens (including phenoxy) is 1. The number of rotatable bonds is 3. The highest BCUT2D eigenvalue weighted by Gasteiger charge is 2.17. The fraction of sp³-hybridized carbons (Fsp3) is 0. The zero-order valence-electron chi connectivity index (χ0n) is 12.5. The summed E-state index contributed by atoms with van der Waals surface area (Å²) in [7, 11) is 0. The molecular weight excluding hydrogens is 349 g/mol. The lowest BCUT2D eigenvalue weighted by atomic mass is 10.1. The number of halogens is 2. The predicted molar refractivity (Wildman–Crippen MR) is 88.3 cm³/mol. The van der Waals surface area contributed by atoms with Crippen molar-refractivity contribution in [1.82, 2.24) is 24.8 Å². The Morgan fingerprint density at radius 3 is 2.72 bits per heavy atom. The van der Waals surface area contributed by atoms with Crippen molar-refractivity contribution in [2.75, 3.05) is 0 Å². The second kappa shape index (κ2) is 5.99. The maximum absolute atomic E-state index is 13.4. The summed E-state index contributed by atoms with van der Waals surface area (Å²) in [5.74, 6) is -0.142. The van der Waals surface area contributed by atoms with Crippen molar-refractivity contribution >= 4 is 17.2 Å². The molecule has 0 aliphatic rings. The summed E-state index contributed by atoms with van der Waals surface area (Å²) in [6, 6.07) is 8.16. The van der Waals surface area contributed by atoms with Gasteiger partial charge in [0.1, 0.15) is 11.6 Å². The van der Waals surface area contributed by atoms with Crippen molar-refractivity contribution < 1.29 is 9.13 Å². The number of nitrogens with zero attached hydrogens (tertiary/aromatic N) is 4. The third kappa shape index (κ3) is 2.83. The van der Waals surface area contributed by atoms with Crippen molar-refractivity contribution in [1.29, 1.82) is 0 Å². The van der Waals surface area contributed by atoms with Crippen LogP contribution in [0.15, 0.2) is 53.7 Å². The third-order valence-electron chi connectivity index (χ3n) is 3.46. The topological polar surface area (TPSA) is 85.2 Å². The molecule has 7 nitrogen and oxygen atoms in total. The van der Waals surface area contributed by atoms with Crippen LogP contribution in [-0.2, 0) is 0 Å². The molecule has 4 aromatic rings. The van der Waals surface area contributed by atoms with Gasteiger partial charge in [-0.15, -0.1) is 5.10 Å². The first-order chi connectivity index (χ1) is 12.1. The van der Waals surface area contributed by atoms with Crippen molar-refractivity contribution in [2.24, 2.45) is 0 Å². The maximum Gasteiger partial charge on any atom is 0.364 e. The number of hydrogen-bond acceptors (Lipinski definition) is 5. The first-order valence-electron chi connectivity index (χ1n) is 7.12. The second-order valence-corrected chi connectivity index (χ2v) is 5.54. The van der Waals surface area contributed by atoms with E-state index in [1.807, 2.05) is 0 Å². The number of fused-ring (bicyclic) bond motifs is 1. The van der Waals surface area contributed by atoms with Crippen LogP contribution in [0.5, 0.6) is 11.5 Å². The summed E-state index contributed by atoms with van der Waals surface area (Å²) >= 11 is 5.92. The van der Waals surface area contributed by atoms with Gasteiger partial charge in [0.05, 0.1) is 18.6 Å². The largest absolute Gasteiger partial charge is 0.451 e. The van der Waals surface area contributed by atoms with Gasteiger partial charge in [-0.2, -0.15) is 9.61 Å². The van der Waals surface area contributed by atoms with Gasteiger partial charge < -0.3 is 4.74 Å². The standard InChI is InChI=1S/C16H9ClFN5O2/c17-10-3-1-9(2-4-10)13-8-20-23-15(21-22-16(23)24)14(13)25-12-5-11(18)6-19-7-12/h1-8H,(H,22,24). The smallest absolute Gasteiger partial charge is 0.364 e. The number of nitrogens with one attached hydrogen (secondary N) is 1. The Bertz CT molecular complexity index is 1120. The van der Waals surface area contributed by atoms with Gasteiger partial charge in [-0.3, -0.25) is 4.98 Å². The molecule has 124 valence electrons. The minimum absolute atomic E-state index is 0.166. The van der Waals surface area contributed by atoms with Crippen molar-refractivity contribution in [2.45, 2.75) is 0 Å². The molecule has 0 atom stereocenters. The van der Waals surface area contributed by atoms with E-state index in [1.165, 1.54) is 18.5 Å². The number of hydrogen-bond donors (Lipinski definition) is 1. The van der Waals surface area contributed by atoms with Crippen LogP contribution in [0, 0.1) is 5.82 Å². The highest BCUT2D eigenvalue weighted by molar-refractivity contribution is 6.30.